The quantitative estimate of drug-likeness (QED) is 0.311. The lowest BCUT2D eigenvalue weighted by molar-refractivity contribution is 0.0471. The highest BCUT2D eigenvalue weighted by atomic mass is 35.5. The zero-order chi connectivity index (χ0) is 26.3. The minimum absolute atomic E-state index is 0.0868. The van der Waals surface area contributed by atoms with Crippen LogP contribution >= 0.6 is 11.6 Å². The van der Waals surface area contributed by atoms with E-state index in [0.717, 1.165) is 5.52 Å². The van der Waals surface area contributed by atoms with E-state index in [0.29, 0.717) is 33.7 Å². The van der Waals surface area contributed by atoms with Crippen molar-refractivity contribution in [3.05, 3.63) is 81.0 Å². The van der Waals surface area contributed by atoms with Gasteiger partial charge >= 0.3 is 5.97 Å². The molecule has 4 heterocycles. The molecule has 2 N–H and O–H groups in total. The van der Waals surface area contributed by atoms with E-state index in [9.17, 15) is 14.0 Å². The van der Waals surface area contributed by atoms with Gasteiger partial charge in [-0.25, -0.2) is 19.2 Å². The number of H-pyrrole nitrogens is 2. The van der Waals surface area contributed by atoms with E-state index in [2.05, 4.69) is 19.9 Å². The molecule has 4 aromatic heterocycles. The smallest absolute Gasteiger partial charge is 0.355 e. The normalized spacial score (nSPS) is 11.6. The van der Waals surface area contributed by atoms with Crippen LogP contribution in [0.1, 0.15) is 21.7 Å². The van der Waals surface area contributed by atoms with Crippen molar-refractivity contribution in [3.8, 4) is 11.1 Å². The second-order valence-electron chi connectivity index (χ2n) is 8.95. The number of ether oxygens (including phenoxy) is 1. The summed E-state index contributed by atoms with van der Waals surface area (Å²) in [6, 6.07) is 8.11. The van der Waals surface area contributed by atoms with Crippen LogP contribution in [0.15, 0.2) is 47.7 Å². The largest absolute Gasteiger partial charge is 0.460 e. The Hall–Kier alpha value is -4.02. The maximum Gasteiger partial charge on any atom is 0.355 e. The summed E-state index contributed by atoms with van der Waals surface area (Å²) in [4.78, 5) is 42.7. The van der Waals surface area contributed by atoms with Gasteiger partial charge in [0.15, 0.2) is 0 Å². The van der Waals surface area contributed by atoms with E-state index in [1.54, 1.807) is 29.1 Å². The number of benzene rings is 1. The fraction of sp³-hybridized carbons (Fsp3) is 0.231. The summed E-state index contributed by atoms with van der Waals surface area (Å²) < 4.78 is 22.0. The van der Waals surface area contributed by atoms with Gasteiger partial charge in [0.2, 0.25) is 0 Å². The molecule has 5 rings (SSSR count). The fourth-order valence-electron chi connectivity index (χ4n) is 4.26. The third kappa shape index (κ3) is 4.61. The predicted molar refractivity (Wildman–Crippen MR) is 140 cm³/mol. The van der Waals surface area contributed by atoms with E-state index in [1.807, 2.05) is 25.1 Å². The summed E-state index contributed by atoms with van der Waals surface area (Å²) in [6.07, 6.45) is 3.06. The van der Waals surface area contributed by atoms with E-state index in [-0.39, 0.29) is 35.7 Å². The number of halogens is 2. The van der Waals surface area contributed by atoms with Crippen molar-refractivity contribution in [2.24, 2.45) is 0 Å². The number of aromatic amines is 2. The van der Waals surface area contributed by atoms with Crippen molar-refractivity contribution in [2.75, 3.05) is 27.2 Å². The Morgan fingerprint density at radius 2 is 2.05 bits per heavy atom. The molecule has 11 heteroatoms. The summed E-state index contributed by atoms with van der Waals surface area (Å²) >= 11 is 6.58. The Labute approximate surface area is 215 Å². The Morgan fingerprint density at radius 1 is 1.24 bits per heavy atom. The number of nitrogens with one attached hydrogen (secondary N) is 2. The van der Waals surface area contributed by atoms with Crippen LogP contribution in [0.4, 0.5) is 4.39 Å². The monoisotopic (exact) mass is 522 g/mol. The Kier molecular flexibility index (Phi) is 6.53. The molecule has 190 valence electrons. The Bertz CT molecular complexity index is 1700. The molecule has 0 spiro atoms. The second-order valence-corrected chi connectivity index (χ2v) is 9.36. The van der Waals surface area contributed by atoms with Gasteiger partial charge in [-0.2, -0.15) is 0 Å². The topological polar surface area (TPSA) is 109 Å². The molecule has 0 radical (unpaired) electrons. The molecular weight excluding hydrogens is 499 g/mol. The van der Waals surface area contributed by atoms with Gasteiger partial charge in [0.05, 0.1) is 46.2 Å². The number of likely N-dealkylation sites (N-methyl/N-ethyl adjacent to an activating group) is 1. The van der Waals surface area contributed by atoms with Crippen molar-refractivity contribution in [1.29, 1.82) is 0 Å². The molecule has 0 aliphatic carbocycles. The summed E-state index contributed by atoms with van der Waals surface area (Å²) in [5, 5.41) is 0.424. The molecule has 1 aromatic carbocycles. The molecule has 5 aromatic rings. The van der Waals surface area contributed by atoms with Crippen LogP contribution in [0, 0.1) is 12.7 Å². The summed E-state index contributed by atoms with van der Waals surface area (Å²) in [7, 11) is 3.73. The number of hydrogen-bond donors (Lipinski definition) is 2. The van der Waals surface area contributed by atoms with Gasteiger partial charge in [0.1, 0.15) is 18.1 Å². The first-order valence-corrected chi connectivity index (χ1v) is 11.9. The second kappa shape index (κ2) is 9.79. The standard InChI is InChI=1S/C26H24ClFN6O3/c1-14-18(28)11-21-23(32-14)22(16-5-4-6-29-25(16)35)24(26(36)37-8-7-33(2)3)34(21)12-15-9-19-20(10-17(15)27)31-13-30-19/h4-6,9-11,13H,7-8,12H2,1-3H3,(H,29,35)(H,30,31). The maximum atomic E-state index is 14.8. The minimum Gasteiger partial charge on any atom is -0.460 e. The summed E-state index contributed by atoms with van der Waals surface area (Å²) in [6.45, 7) is 2.25. The number of nitrogens with zero attached hydrogens (tertiary/aromatic N) is 4. The summed E-state index contributed by atoms with van der Waals surface area (Å²) in [5.41, 5.74) is 3.06. The lowest BCUT2D eigenvalue weighted by atomic mass is 10.1. The zero-order valence-electron chi connectivity index (χ0n) is 20.4. The summed E-state index contributed by atoms with van der Waals surface area (Å²) in [5.74, 6) is -1.20. The van der Waals surface area contributed by atoms with E-state index in [4.69, 9.17) is 16.3 Å². The minimum atomic E-state index is -0.657. The molecule has 37 heavy (non-hydrogen) atoms. The number of fused-ring (bicyclic) bond motifs is 2. The predicted octanol–water partition coefficient (Wildman–Crippen LogP) is 4.14. The first-order valence-electron chi connectivity index (χ1n) is 11.6. The maximum absolute atomic E-state index is 14.8. The molecule has 0 atom stereocenters. The molecule has 0 fully saturated rings. The highest BCUT2D eigenvalue weighted by molar-refractivity contribution is 6.32. The number of carbonyl (C=O) groups is 1. The average Bonchev–Trinajstić information content (AvgIpc) is 3.42. The van der Waals surface area contributed by atoms with Gasteiger partial charge in [0, 0.05) is 29.4 Å². The number of pyridine rings is 2. The van der Waals surface area contributed by atoms with Crippen LogP contribution in [0.3, 0.4) is 0 Å². The van der Waals surface area contributed by atoms with Gasteiger partial charge < -0.3 is 24.2 Å². The number of imidazole rings is 1. The average molecular weight is 523 g/mol. The van der Waals surface area contributed by atoms with Crippen LogP contribution < -0.4 is 5.56 Å². The molecule has 0 aliphatic heterocycles. The van der Waals surface area contributed by atoms with E-state index < -0.39 is 17.3 Å². The van der Waals surface area contributed by atoms with Gasteiger partial charge in [-0.3, -0.25) is 4.79 Å². The molecule has 0 unspecified atom stereocenters. The number of carbonyl (C=O) groups excluding carboxylic acids is 1. The van der Waals surface area contributed by atoms with E-state index in [1.165, 1.54) is 19.2 Å². The Balaban J connectivity index is 1.78. The number of rotatable bonds is 7. The van der Waals surface area contributed by atoms with E-state index >= 15 is 0 Å². The SMILES string of the molecule is Cc1nc2c(-c3ccc[nH]c3=O)c(C(=O)OCCN(C)C)n(Cc3cc4[nH]cnc4cc3Cl)c2cc1F. The number of hydrogen-bond acceptors (Lipinski definition) is 6. The van der Waals surface area contributed by atoms with Gasteiger partial charge in [-0.1, -0.05) is 11.6 Å². The van der Waals surface area contributed by atoms with Gasteiger partial charge in [-0.15, -0.1) is 0 Å². The van der Waals surface area contributed by atoms with Crippen LogP contribution in [0.2, 0.25) is 5.02 Å². The van der Waals surface area contributed by atoms with Gasteiger partial charge in [0.25, 0.3) is 5.56 Å². The van der Waals surface area contributed by atoms with Crippen molar-refractivity contribution in [3.63, 3.8) is 0 Å². The number of esters is 1. The molecule has 0 saturated carbocycles. The molecular formula is C26H24ClFN6O3. The lowest BCUT2D eigenvalue weighted by Gasteiger charge is -2.14. The lowest BCUT2D eigenvalue weighted by Crippen LogP contribution is -2.22. The molecule has 0 bridgehead atoms. The zero-order valence-corrected chi connectivity index (χ0v) is 21.2. The van der Waals surface area contributed by atoms with Crippen molar-refractivity contribution in [2.45, 2.75) is 13.5 Å². The number of aromatic nitrogens is 5. The number of aryl methyl sites for hydroxylation is 1. The van der Waals surface area contributed by atoms with Crippen molar-refractivity contribution >= 4 is 39.6 Å². The highest BCUT2D eigenvalue weighted by Gasteiger charge is 2.29. The van der Waals surface area contributed by atoms with Gasteiger partial charge in [-0.05, 0) is 50.8 Å². The van der Waals surface area contributed by atoms with Crippen LogP contribution in [0.25, 0.3) is 33.2 Å². The first-order chi connectivity index (χ1) is 17.7. The molecule has 0 saturated heterocycles. The molecule has 0 amide bonds. The third-order valence-electron chi connectivity index (χ3n) is 6.13. The van der Waals surface area contributed by atoms with Crippen LogP contribution in [-0.4, -0.2) is 62.6 Å². The third-order valence-corrected chi connectivity index (χ3v) is 6.49. The molecule has 0 aliphatic rings. The molecule has 9 nitrogen and oxygen atoms in total. The van der Waals surface area contributed by atoms with Crippen LogP contribution in [0.5, 0.6) is 0 Å². The Morgan fingerprint density at radius 3 is 2.81 bits per heavy atom. The van der Waals surface area contributed by atoms with Crippen molar-refractivity contribution in [1.82, 2.24) is 29.4 Å². The fourth-order valence-corrected chi connectivity index (χ4v) is 4.48. The highest BCUT2D eigenvalue weighted by Crippen LogP contribution is 2.35. The van der Waals surface area contributed by atoms with Crippen molar-refractivity contribution < 1.29 is 13.9 Å². The van der Waals surface area contributed by atoms with Crippen LogP contribution in [-0.2, 0) is 11.3 Å². The first kappa shape index (κ1) is 24.7.